The summed E-state index contributed by atoms with van der Waals surface area (Å²) in [6.45, 7) is 5.73. The van der Waals surface area contributed by atoms with Crippen LogP contribution in [0, 0.1) is 0 Å². The van der Waals surface area contributed by atoms with E-state index in [-0.39, 0.29) is 12.1 Å². The molecular weight excluding hydrogens is 321 g/mol. The molecule has 1 aromatic carbocycles. The summed E-state index contributed by atoms with van der Waals surface area (Å²) in [5, 5.41) is 0. The number of hydrogen-bond acceptors (Lipinski definition) is 3. The number of halogens is 3. The molecule has 1 heterocycles. The van der Waals surface area contributed by atoms with E-state index in [2.05, 4.69) is 0 Å². The Hall–Kier alpha value is -1.76. The van der Waals surface area contributed by atoms with Gasteiger partial charge in [-0.2, -0.15) is 13.2 Å². The summed E-state index contributed by atoms with van der Waals surface area (Å²) in [6.07, 6.45) is -4.55. The number of carbonyl (C=O) groups excluding carboxylic acids is 1. The molecule has 0 unspecified atom stereocenters. The lowest BCUT2D eigenvalue weighted by molar-refractivity contribution is -0.138. The van der Waals surface area contributed by atoms with Crippen LogP contribution in [0.25, 0.3) is 0 Å². The fraction of sp³-hybridized carbons (Fsp3) is 0.588. The molecule has 0 aromatic heterocycles. The predicted molar refractivity (Wildman–Crippen MR) is 84.6 cm³/mol. The lowest BCUT2D eigenvalue weighted by Gasteiger charge is -2.38. The van der Waals surface area contributed by atoms with E-state index in [1.54, 1.807) is 26.8 Å². The molecule has 1 aliphatic heterocycles. The second kappa shape index (κ2) is 6.63. The molecule has 1 amide bonds. The van der Waals surface area contributed by atoms with Crippen molar-refractivity contribution in [2.45, 2.75) is 50.9 Å². The number of carbonyl (C=O) groups is 1. The average Bonchev–Trinajstić information content (AvgIpc) is 2.45. The SMILES string of the molecule is CC(C)(C)OC(=O)N1CC[C@@H](N)[C@H](c2ccccc2C(F)(F)F)C1. The third kappa shape index (κ3) is 4.41. The summed E-state index contributed by atoms with van der Waals surface area (Å²) in [4.78, 5) is 13.7. The number of piperidine rings is 1. The number of rotatable bonds is 1. The van der Waals surface area contributed by atoms with E-state index in [0.717, 1.165) is 6.07 Å². The Bertz CT molecular complexity index is 596. The second-order valence-electron chi connectivity index (χ2n) is 7.07. The van der Waals surface area contributed by atoms with Crippen molar-refractivity contribution in [1.29, 1.82) is 0 Å². The lowest BCUT2D eigenvalue weighted by atomic mass is 9.84. The zero-order chi connectivity index (χ0) is 18.1. The van der Waals surface area contributed by atoms with Crippen LogP contribution in [0.2, 0.25) is 0 Å². The minimum Gasteiger partial charge on any atom is -0.444 e. The maximum atomic E-state index is 13.3. The number of hydrogen-bond donors (Lipinski definition) is 1. The first-order valence-electron chi connectivity index (χ1n) is 7.88. The van der Waals surface area contributed by atoms with E-state index in [1.165, 1.54) is 17.0 Å². The first-order valence-corrected chi connectivity index (χ1v) is 7.88. The molecule has 0 bridgehead atoms. The number of nitrogens with zero attached hydrogens (tertiary/aromatic N) is 1. The van der Waals surface area contributed by atoms with Gasteiger partial charge >= 0.3 is 12.3 Å². The molecule has 2 N–H and O–H groups in total. The zero-order valence-electron chi connectivity index (χ0n) is 14.1. The largest absolute Gasteiger partial charge is 0.444 e. The van der Waals surface area contributed by atoms with Crippen molar-refractivity contribution in [3.05, 3.63) is 35.4 Å². The second-order valence-corrected chi connectivity index (χ2v) is 7.07. The van der Waals surface area contributed by atoms with Gasteiger partial charge in [0.05, 0.1) is 5.56 Å². The van der Waals surface area contributed by atoms with Gasteiger partial charge in [-0.05, 0) is 38.8 Å². The molecule has 0 saturated carbocycles. The van der Waals surface area contributed by atoms with Crippen LogP contribution >= 0.6 is 0 Å². The molecule has 2 rings (SSSR count). The monoisotopic (exact) mass is 344 g/mol. The summed E-state index contributed by atoms with van der Waals surface area (Å²) >= 11 is 0. The quantitative estimate of drug-likeness (QED) is 0.844. The zero-order valence-corrected chi connectivity index (χ0v) is 14.1. The molecule has 0 spiro atoms. The molecule has 134 valence electrons. The fourth-order valence-corrected chi connectivity index (χ4v) is 2.87. The van der Waals surface area contributed by atoms with Crippen LogP contribution in [0.5, 0.6) is 0 Å². The Balaban J connectivity index is 2.26. The van der Waals surface area contributed by atoms with Crippen molar-refractivity contribution in [1.82, 2.24) is 4.90 Å². The highest BCUT2D eigenvalue weighted by Crippen LogP contribution is 2.37. The number of likely N-dealkylation sites (tertiary alicyclic amines) is 1. The number of benzene rings is 1. The molecule has 7 heteroatoms. The van der Waals surface area contributed by atoms with E-state index in [1.807, 2.05) is 0 Å². The Morgan fingerprint density at radius 2 is 1.88 bits per heavy atom. The smallest absolute Gasteiger partial charge is 0.416 e. The van der Waals surface area contributed by atoms with Crippen LogP contribution in [-0.4, -0.2) is 35.7 Å². The van der Waals surface area contributed by atoms with Crippen LogP contribution in [0.15, 0.2) is 24.3 Å². The number of amides is 1. The summed E-state index contributed by atoms with van der Waals surface area (Å²) in [7, 11) is 0. The molecule has 1 aromatic rings. The lowest BCUT2D eigenvalue weighted by Crippen LogP contribution is -2.49. The van der Waals surface area contributed by atoms with Gasteiger partial charge in [-0.1, -0.05) is 18.2 Å². The summed E-state index contributed by atoms with van der Waals surface area (Å²) in [5.74, 6) is -0.580. The highest BCUT2D eigenvalue weighted by atomic mass is 19.4. The Morgan fingerprint density at radius 3 is 2.46 bits per heavy atom. The van der Waals surface area contributed by atoms with Crippen molar-refractivity contribution < 1.29 is 22.7 Å². The molecule has 24 heavy (non-hydrogen) atoms. The van der Waals surface area contributed by atoms with E-state index in [0.29, 0.717) is 13.0 Å². The van der Waals surface area contributed by atoms with Crippen LogP contribution in [0.4, 0.5) is 18.0 Å². The summed E-state index contributed by atoms with van der Waals surface area (Å²) in [6, 6.07) is 4.96. The van der Waals surface area contributed by atoms with E-state index < -0.39 is 35.4 Å². The van der Waals surface area contributed by atoms with Gasteiger partial charge < -0.3 is 15.4 Å². The van der Waals surface area contributed by atoms with Gasteiger partial charge in [0.1, 0.15) is 5.60 Å². The minimum absolute atomic E-state index is 0.114. The van der Waals surface area contributed by atoms with Gasteiger partial charge in [0.2, 0.25) is 0 Å². The average molecular weight is 344 g/mol. The van der Waals surface area contributed by atoms with Gasteiger partial charge in [-0.15, -0.1) is 0 Å². The summed E-state index contributed by atoms with van der Waals surface area (Å²) in [5.41, 5.74) is 4.84. The number of alkyl halides is 3. The highest BCUT2D eigenvalue weighted by Gasteiger charge is 2.39. The molecular formula is C17H23F3N2O2. The normalized spacial score (nSPS) is 22.4. The van der Waals surface area contributed by atoms with Crippen LogP contribution in [0.3, 0.4) is 0 Å². The number of nitrogens with two attached hydrogens (primary N) is 1. The third-order valence-corrected chi connectivity index (χ3v) is 3.98. The molecule has 1 saturated heterocycles. The first-order chi connectivity index (χ1) is 11.0. The van der Waals surface area contributed by atoms with Gasteiger partial charge in [0, 0.05) is 25.0 Å². The van der Waals surface area contributed by atoms with E-state index in [9.17, 15) is 18.0 Å². The Kier molecular flexibility index (Phi) is 5.13. The maximum absolute atomic E-state index is 13.3. The van der Waals surface area contributed by atoms with Crippen molar-refractivity contribution in [2.75, 3.05) is 13.1 Å². The van der Waals surface area contributed by atoms with E-state index >= 15 is 0 Å². The molecule has 1 aliphatic rings. The standard InChI is InChI=1S/C17H23F3N2O2/c1-16(2,3)24-15(23)22-9-8-14(21)12(10-22)11-6-4-5-7-13(11)17(18,19)20/h4-7,12,14H,8-10,21H2,1-3H3/t12-,14+/m0/s1. The van der Waals surface area contributed by atoms with Crippen molar-refractivity contribution in [3.63, 3.8) is 0 Å². The van der Waals surface area contributed by atoms with Gasteiger partial charge in [0.15, 0.2) is 0 Å². The summed E-state index contributed by atoms with van der Waals surface area (Å²) < 4.78 is 45.1. The van der Waals surface area contributed by atoms with Crippen molar-refractivity contribution in [2.24, 2.45) is 5.73 Å². The molecule has 4 nitrogen and oxygen atoms in total. The maximum Gasteiger partial charge on any atom is 0.416 e. The van der Waals surface area contributed by atoms with Gasteiger partial charge in [-0.3, -0.25) is 0 Å². The van der Waals surface area contributed by atoms with Gasteiger partial charge in [0.25, 0.3) is 0 Å². The molecule has 1 fully saturated rings. The van der Waals surface area contributed by atoms with Gasteiger partial charge in [-0.25, -0.2) is 4.79 Å². The third-order valence-electron chi connectivity index (χ3n) is 3.98. The first kappa shape index (κ1) is 18.6. The fourth-order valence-electron chi connectivity index (χ4n) is 2.87. The topological polar surface area (TPSA) is 55.6 Å². The Morgan fingerprint density at radius 1 is 1.25 bits per heavy atom. The molecule has 0 radical (unpaired) electrons. The predicted octanol–water partition coefficient (Wildman–Crippen LogP) is 3.76. The molecule has 2 atom stereocenters. The molecule has 0 aliphatic carbocycles. The van der Waals surface area contributed by atoms with Crippen LogP contribution < -0.4 is 5.73 Å². The number of ether oxygens (including phenoxy) is 1. The minimum atomic E-state index is -4.45. The van der Waals surface area contributed by atoms with Crippen LogP contribution in [-0.2, 0) is 10.9 Å². The van der Waals surface area contributed by atoms with Crippen LogP contribution in [0.1, 0.15) is 44.2 Å². The Labute approximate surface area is 139 Å². The van der Waals surface area contributed by atoms with Crippen molar-refractivity contribution in [3.8, 4) is 0 Å². The van der Waals surface area contributed by atoms with Crippen molar-refractivity contribution >= 4 is 6.09 Å². The van der Waals surface area contributed by atoms with E-state index in [4.69, 9.17) is 10.5 Å². The highest BCUT2D eigenvalue weighted by molar-refractivity contribution is 5.68.